The Bertz CT molecular complexity index is 1570. The van der Waals surface area contributed by atoms with E-state index < -0.39 is 6.10 Å². The molecular weight excluding hydrogens is 1020 g/mol. The molecule has 0 aromatic heterocycles. The van der Waals surface area contributed by atoms with Gasteiger partial charge >= 0.3 is 17.9 Å². The van der Waals surface area contributed by atoms with E-state index in [9.17, 15) is 14.4 Å². The van der Waals surface area contributed by atoms with E-state index in [1.54, 1.807) is 0 Å². The van der Waals surface area contributed by atoms with Crippen molar-refractivity contribution in [3.8, 4) is 0 Å². The van der Waals surface area contributed by atoms with Gasteiger partial charge in [0.2, 0.25) is 0 Å². The number of hydrogen-bond acceptors (Lipinski definition) is 6. The third-order valence-electron chi connectivity index (χ3n) is 15.9. The molecule has 0 rings (SSSR count). The first-order valence-electron chi connectivity index (χ1n) is 36.1. The van der Waals surface area contributed by atoms with Crippen LogP contribution in [0.2, 0.25) is 0 Å². The van der Waals surface area contributed by atoms with Crippen LogP contribution in [0.4, 0.5) is 0 Å². The number of hydrogen-bond donors (Lipinski definition) is 0. The molecule has 0 saturated carbocycles. The summed E-state index contributed by atoms with van der Waals surface area (Å²) in [5, 5.41) is 0. The second-order valence-electron chi connectivity index (χ2n) is 24.1. The van der Waals surface area contributed by atoms with Crippen LogP contribution in [0.5, 0.6) is 0 Å². The average molecular weight is 1160 g/mol. The fourth-order valence-electron chi connectivity index (χ4n) is 10.5. The van der Waals surface area contributed by atoms with E-state index >= 15 is 0 Å². The third-order valence-corrected chi connectivity index (χ3v) is 15.9. The summed E-state index contributed by atoms with van der Waals surface area (Å²) >= 11 is 0. The maximum absolute atomic E-state index is 12.9. The van der Waals surface area contributed by atoms with Gasteiger partial charge in [-0.15, -0.1) is 0 Å². The average Bonchev–Trinajstić information content (AvgIpc) is 3.50. The number of carbonyl (C=O) groups is 3. The molecule has 6 heteroatoms. The Labute approximate surface area is 515 Å². The molecule has 0 aromatic rings. The quantitative estimate of drug-likeness (QED) is 0.0261. The lowest BCUT2D eigenvalue weighted by atomic mass is 10.0. The lowest BCUT2D eigenvalue weighted by Crippen LogP contribution is -2.30. The van der Waals surface area contributed by atoms with E-state index in [4.69, 9.17) is 14.2 Å². The van der Waals surface area contributed by atoms with Gasteiger partial charge in [-0.1, -0.05) is 337 Å². The van der Waals surface area contributed by atoms with Crippen molar-refractivity contribution in [2.24, 2.45) is 0 Å². The summed E-state index contributed by atoms with van der Waals surface area (Å²) in [6, 6.07) is 0. The van der Waals surface area contributed by atoms with Gasteiger partial charge in [0.25, 0.3) is 0 Å². The number of ether oxygens (including phenoxy) is 3. The van der Waals surface area contributed by atoms with Crippen molar-refractivity contribution < 1.29 is 28.6 Å². The zero-order valence-corrected chi connectivity index (χ0v) is 55.2. The maximum atomic E-state index is 12.9. The van der Waals surface area contributed by atoms with Gasteiger partial charge in [0.1, 0.15) is 13.2 Å². The summed E-state index contributed by atoms with van der Waals surface area (Å²) in [7, 11) is 0. The first-order valence-corrected chi connectivity index (χ1v) is 36.1. The smallest absolute Gasteiger partial charge is 0.306 e. The second-order valence-corrected chi connectivity index (χ2v) is 24.1. The highest BCUT2D eigenvalue weighted by molar-refractivity contribution is 5.71. The van der Waals surface area contributed by atoms with Crippen LogP contribution in [0.15, 0.2) is 85.1 Å². The molecular formula is C77H136O6. The monoisotopic (exact) mass is 1160 g/mol. The fraction of sp³-hybridized carbons (Fsp3) is 0.779. The predicted octanol–water partition coefficient (Wildman–Crippen LogP) is 25.0. The first kappa shape index (κ1) is 79.6. The zero-order chi connectivity index (χ0) is 59.9. The zero-order valence-electron chi connectivity index (χ0n) is 55.2. The normalized spacial score (nSPS) is 12.6. The molecule has 0 radical (unpaired) electrons. The Morgan fingerprint density at radius 3 is 0.735 bits per heavy atom. The van der Waals surface area contributed by atoms with Crippen molar-refractivity contribution in [2.75, 3.05) is 13.2 Å². The molecule has 0 fully saturated rings. The molecule has 0 saturated heterocycles. The number of rotatable bonds is 66. The van der Waals surface area contributed by atoms with Gasteiger partial charge in [0.05, 0.1) is 0 Å². The molecule has 83 heavy (non-hydrogen) atoms. The Kier molecular flexibility index (Phi) is 68.2. The number of unbranched alkanes of at least 4 members (excludes halogenated alkanes) is 41. The molecule has 0 aliphatic heterocycles. The van der Waals surface area contributed by atoms with Crippen molar-refractivity contribution >= 4 is 17.9 Å². The molecule has 0 amide bonds. The van der Waals surface area contributed by atoms with Crippen molar-refractivity contribution in [1.29, 1.82) is 0 Å². The van der Waals surface area contributed by atoms with E-state index in [0.29, 0.717) is 19.3 Å². The highest BCUT2D eigenvalue weighted by atomic mass is 16.6. The van der Waals surface area contributed by atoms with Crippen molar-refractivity contribution in [1.82, 2.24) is 0 Å². The van der Waals surface area contributed by atoms with Crippen molar-refractivity contribution in [2.45, 2.75) is 374 Å². The van der Waals surface area contributed by atoms with E-state index in [2.05, 4.69) is 106 Å². The van der Waals surface area contributed by atoms with Crippen LogP contribution >= 0.6 is 0 Å². The molecule has 0 heterocycles. The molecule has 0 bridgehead atoms. The number of carbonyl (C=O) groups excluding carboxylic acids is 3. The van der Waals surface area contributed by atoms with Crippen LogP contribution in [0.3, 0.4) is 0 Å². The first-order chi connectivity index (χ1) is 41.0. The Hall–Kier alpha value is -3.41. The number of allylic oxidation sites excluding steroid dienone is 14. The third kappa shape index (κ3) is 69.3. The summed E-state index contributed by atoms with van der Waals surface area (Å²) in [6.07, 6.45) is 95.1. The molecule has 0 aromatic carbocycles. The van der Waals surface area contributed by atoms with Gasteiger partial charge < -0.3 is 14.2 Å². The summed E-state index contributed by atoms with van der Waals surface area (Å²) in [5.74, 6) is -0.864. The van der Waals surface area contributed by atoms with Gasteiger partial charge in [0, 0.05) is 19.3 Å². The molecule has 480 valence electrons. The van der Waals surface area contributed by atoms with E-state index in [-0.39, 0.29) is 31.1 Å². The largest absolute Gasteiger partial charge is 0.462 e. The lowest BCUT2D eigenvalue weighted by molar-refractivity contribution is -0.167. The minimum absolute atomic E-state index is 0.0729. The predicted molar refractivity (Wildman–Crippen MR) is 362 cm³/mol. The second kappa shape index (κ2) is 71.1. The SMILES string of the molecule is CC/C=C\C/C=C\C/C=C\C/C=C\CCCCCCCCCCCCCCCCCCCCCCC(=O)OCC(COC(=O)CCCCCCCCC)OC(=O)CCCCCCCCCCCC/C=C\C/C=C\C/C=C\CCCCCCC. The van der Waals surface area contributed by atoms with Crippen molar-refractivity contribution in [3.05, 3.63) is 85.1 Å². The van der Waals surface area contributed by atoms with Crippen LogP contribution in [-0.4, -0.2) is 37.2 Å². The Morgan fingerprint density at radius 2 is 0.470 bits per heavy atom. The standard InChI is InChI=1S/C77H136O6/c1-4-7-10-13-16-18-20-22-24-26-28-30-32-34-35-36-37-38-39-40-41-43-44-46-48-50-52-54-56-58-61-64-67-70-76(79)82-73-74(72-81-75(78)69-66-63-60-15-12-9-6-3)83-77(80)71-68-65-62-59-57-55-53-51-49-47-45-42-33-31-29-27-25-23-21-19-17-14-11-8-5-2/h7,10,16,18,21-24,27-30,33,42,74H,4-6,8-9,11-15,17,19-20,25-26,31-32,34-41,43-73H2,1-3H3/b10-7-,18-16-,23-21-,24-22-,29-27-,30-28-,42-33-. The molecule has 1 unspecified atom stereocenters. The highest BCUT2D eigenvalue weighted by Crippen LogP contribution is 2.18. The molecule has 0 N–H and O–H groups in total. The molecule has 1 atom stereocenters. The summed E-state index contributed by atoms with van der Waals surface area (Å²) in [4.78, 5) is 38.2. The van der Waals surface area contributed by atoms with Gasteiger partial charge in [-0.25, -0.2) is 0 Å². The van der Waals surface area contributed by atoms with E-state index in [1.807, 2.05) is 0 Å². The van der Waals surface area contributed by atoms with Crippen LogP contribution in [-0.2, 0) is 28.6 Å². The maximum Gasteiger partial charge on any atom is 0.306 e. The Morgan fingerprint density at radius 1 is 0.253 bits per heavy atom. The fourth-order valence-corrected chi connectivity index (χ4v) is 10.5. The highest BCUT2D eigenvalue weighted by Gasteiger charge is 2.19. The topological polar surface area (TPSA) is 78.9 Å². The summed E-state index contributed by atoms with van der Waals surface area (Å²) < 4.78 is 16.9. The number of esters is 3. The summed E-state index contributed by atoms with van der Waals surface area (Å²) in [5.41, 5.74) is 0. The van der Waals surface area contributed by atoms with Crippen LogP contribution < -0.4 is 0 Å². The molecule has 6 nitrogen and oxygen atoms in total. The van der Waals surface area contributed by atoms with E-state index in [1.165, 1.54) is 231 Å². The molecule has 0 aliphatic rings. The van der Waals surface area contributed by atoms with Crippen molar-refractivity contribution in [3.63, 3.8) is 0 Å². The van der Waals surface area contributed by atoms with Gasteiger partial charge in [-0.05, 0) is 96.3 Å². The molecule has 0 spiro atoms. The van der Waals surface area contributed by atoms with Gasteiger partial charge in [-0.3, -0.25) is 14.4 Å². The Balaban J connectivity index is 4.02. The van der Waals surface area contributed by atoms with Crippen LogP contribution in [0.25, 0.3) is 0 Å². The lowest BCUT2D eigenvalue weighted by Gasteiger charge is -2.18. The molecule has 0 aliphatic carbocycles. The van der Waals surface area contributed by atoms with Crippen LogP contribution in [0, 0.1) is 0 Å². The minimum Gasteiger partial charge on any atom is -0.462 e. The van der Waals surface area contributed by atoms with Gasteiger partial charge in [0.15, 0.2) is 6.10 Å². The van der Waals surface area contributed by atoms with Gasteiger partial charge in [-0.2, -0.15) is 0 Å². The van der Waals surface area contributed by atoms with Crippen LogP contribution in [0.1, 0.15) is 367 Å². The van der Waals surface area contributed by atoms with E-state index in [0.717, 1.165) is 96.3 Å². The minimum atomic E-state index is -0.775. The summed E-state index contributed by atoms with van der Waals surface area (Å²) in [6.45, 7) is 6.52.